The van der Waals surface area contributed by atoms with Crippen molar-refractivity contribution in [2.75, 3.05) is 0 Å². The van der Waals surface area contributed by atoms with Crippen LogP contribution in [0.2, 0.25) is 0 Å². The van der Waals surface area contributed by atoms with E-state index in [1.54, 1.807) is 18.2 Å². The van der Waals surface area contributed by atoms with Crippen LogP contribution in [-0.2, 0) is 11.3 Å². The summed E-state index contributed by atoms with van der Waals surface area (Å²) in [5, 5.41) is 13.3. The zero-order valence-electron chi connectivity index (χ0n) is 12.9. The molecule has 0 fully saturated rings. The molecule has 2 aromatic heterocycles. The minimum Gasteiger partial charge on any atom is -0.347 e. The predicted octanol–water partition coefficient (Wildman–Crippen LogP) is 3.33. The van der Waals surface area contributed by atoms with Crippen molar-refractivity contribution in [2.45, 2.75) is 6.54 Å². The Hall–Kier alpha value is -3.00. The van der Waals surface area contributed by atoms with Gasteiger partial charge in [0.15, 0.2) is 0 Å². The van der Waals surface area contributed by atoms with Gasteiger partial charge in [-0.1, -0.05) is 0 Å². The Bertz CT molecular complexity index is 964. The molecule has 0 radical (unpaired) electrons. The van der Waals surface area contributed by atoms with Crippen molar-refractivity contribution in [3.63, 3.8) is 0 Å². The summed E-state index contributed by atoms with van der Waals surface area (Å²) in [7, 11) is 0. The Morgan fingerprint density at radius 1 is 1.24 bits per heavy atom. The average Bonchev–Trinajstić information content (AvgIpc) is 3.00. The van der Waals surface area contributed by atoms with Crippen molar-refractivity contribution < 1.29 is 9.72 Å². The smallest absolute Gasteiger partial charge is 0.269 e. The van der Waals surface area contributed by atoms with E-state index < -0.39 is 4.92 Å². The Kier molecular flexibility index (Phi) is 4.90. The third-order valence-electron chi connectivity index (χ3n) is 3.44. The maximum absolute atomic E-state index is 11.9. The lowest BCUT2D eigenvalue weighted by atomic mass is 10.2. The van der Waals surface area contributed by atoms with Crippen LogP contribution < -0.4 is 5.32 Å². The van der Waals surface area contributed by atoms with Crippen molar-refractivity contribution in [2.24, 2.45) is 0 Å². The number of nitro benzene ring substituents is 1. The lowest BCUT2D eigenvalue weighted by Crippen LogP contribution is -2.20. The monoisotopic (exact) mass is 400 g/mol. The second kappa shape index (κ2) is 7.27. The molecular weight excluding hydrogens is 388 g/mol. The van der Waals surface area contributed by atoms with Gasteiger partial charge in [0, 0.05) is 35.1 Å². The fraction of sp³-hybridized carbons (Fsp3) is 0.0588. The second-order valence-electron chi connectivity index (χ2n) is 5.24. The summed E-state index contributed by atoms with van der Waals surface area (Å²) in [5.41, 5.74) is 2.27. The number of fused-ring (bicyclic) bond motifs is 1. The van der Waals surface area contributed by atoms with E-state index in [0.717, 1.165) is 15.8 Å². The number of nitro groups is 1. The number of amides is 1. The van der Waals surface area contributed by atoms with Crippen molar-refractivity contribution in [1.29, 1.82) is 0 Å². The molecule has 0 atom stereocenters. The molecule has 7 nitrogen and oxygen atoms in total. The molecular formula is C17H13BrN4O3. The number of pyridine rings is 1. The van der Waals surface area contributed by atoms with Crippen LogP contribution in [0.5, 0.6) is 0 Å². The summed E-state index contributed by atoms with van der Waals surface area (Å²) < 4.78 is 2.82. The number of aromatic nitrogens is 2. The predicted molar refractivity (Wildman–Crippen MR) is 96.9 cm³/mol. The highest BCUT2D eigenvalue weighted by molar-refractivity contribution is 9.10. The van der Waals surface area contributed by atoms with E-state index in [9.17, 15) is 14.9 Å². The van der Waals surface area contributed by atoms with Crippen molar-refractivity contribution in [3.8, 4) is 0 Å². The van der Waals surface area contributed by atoms with E-state index >= 15 is 0 Å². The van der Waals surface area contributed by atoms with Crippen LogP contribution in [0.3, 0.4) is 0 Å². The van der Waals surface area contributed by atoms with Gasteiger partial charge in [-0.05, 0) is 51.8 Å². The first-order chi connectivity index (χ1) is 12.0. The standard InChI is InChI=1S/C17H13BrN4O3/c18-13-4-7-16-20-14(11-21(16)10-13)9-19-17(23)8-3-12-1-5-15(6-2-12)22(24)25/h1-8,10-11H,9H2,(H,19,23)/b8-3+. The number of carbonyl (C=O) groups excluding carboxylic acids is 1. The number of halogens is 1. The molecule has 2 heterocycles. The van der Waals surface area contributed by atoms with Gasteiger partial charge in [0.05, 0.1) is 17.2 Å². The number of non-ortho nitro benzene ring substituents is 1. The van der Waals surface area contributed by atoms with E-state index in [1.807, 2.05) is 28.9 Å². The number of nitrogens with zero attached hydrogens (tertiary/aromatic N) is 3. The molecule has 8 heteroatoms. The largest absolute Gasteiger partial charge is 0.347 e. The summed E-state index contributed by atoms with van der Waals surface area (Å²) >= 11 is 3.39. The van der Waals surface area contributed by atoms with E-state index in [2.05, 4.69) is 26.2 Å². The second-order valence-corrected chi connectivity index (χ2v) is 6.16. The van der Waals surface area contributed by atoms with Gasteiger partial charge in [-0.3, -0.25) is 14.9 Å². The van der Waals surface area contributed by atoms with Gasteiger partial charge in [0.1, 0.15) is 5.65 Å². The van der Waals surface area contributed by atoms with Crippen molar-refractivity contribution >= 4 is 39.2 Å². The molecule has 126 valence electrons. The summed E-state index contributed by atoms with van der Waals surface area (Å²) in [6.45, 7) is 0.308. The molecule has 0 saturated carbocycles. The molecule has 25 heavy (non-hydrogen) atoms. The Morgan fingerprint density at radius 3 is 2.72 bits per heavy atom. The van der Waals surface area contributed by atoms with E-state index in [4.69, 9.17) is 0 Å². The number of imidazole rings is 1. The topological polar surface area (TPSA) is 89.5 Å². The number of nitrogens with one attached hydrogen (secondary N) is 1. The summed E-state index contributed by atoms with van der Waals surface area (Å²) in [5.74, 6) is -0.267. The lowest BCUT2D eigenvalue weighted by Gasteiger charge is -1.98. The molecule has 3 aromatic rings. The number of rotatable bonds is 5. The molecule has 0 aliphatic rings. The van der Waals surface area contributed by atoms with Gasteiger partial charge in [0.25, 0.3) is 5.69 Å². The van der Waals surface area contributed by atoms with Crippen LogP contribution >= 0.6 is 15.9 Å². The van der Waals surface area contributed by atoms with Gasteiger partial charge in [-0.15, -0.1) is 0 Å². The quantitative estimate of drug-likeness (QED) is 0.404. The minimum absolute atomic E-state index is 0.0140. The van der Waals surface area contributed by atoms with Gasteiger partial charge in [-0.2, -0.15) is 0 Å². The average molecular weight is 401 g/mol. The Morgan fingerprint density at radius 2 is 2.00 bits per heavy atom. The van der Waals surface area contributed by atoms with Gasteiger partial charge < -0.3 is 9.72 Å². The molecule has 1 amide bonds. The van der Waals surface area contributed by atoms with Crippen molar-refractivity contribution in [1.82, 2.24) is 14.7 Å². The number of hydrogen-bond acceptors (Lipinski definition) is 4. The molecule has 0 saturated heterocycles. The third kappa shape index (κ3) is 4.30. The first-order valence-electron chi connectivity index (χ1n) is 7.35. The number of carbonyl (C=O) groups is 1. The molecule has 1 aromatic carbocycles. The van der Waals surface area contributed by atoms with Crippen LogP contribution in [0, 0.1) is 10.1 Å². The lowest BCUT2D eigenvalue weighted by molar-refractivity contribution is -0.384. The van der Waals surface area contributed by atoms with Gasteiger partial charge >= 0.3 is 0 Å². The highest BCUT2D eigenvalue weighted by Gasteiger charge is 2.04. The fourth-order valence-electron chi connectivity index (χ4n) is 2.22. The van der Waals surface area contributed by atoms with Gasteiger partial charge in [0.2, 0.25) is 5.91 Å². The molecule has 0 aliphatic heterocycles. The Labute approximate surface area is 151 Å². The molecule has 0 aliphatic carbocycles. The van der Waals surface area contributed by atoms with E-state index in [-0.39, 0.29) is 11.6 Å². The molecule has 0 bridgehead atoms. The highest BCUT2D eigenvalue weighted by atomic mass is 79.9. The fourth-order valence-corrected chi connectivity index (χ4v) is 2.57. The normalized spacial score (nSPS) is 11.1. The first kappa shape index (κ1) is 16.8. The Balaban J connectivity index is 1.58. The van der Waals surface area contributed by atoms with Crippen LogP contribution in [0.1, 0.15) is 11.3 Å². The molecule has 1 N–H and O–H groups in total. The summed E-state index contributed by atoms with van der Waals surface area (Å²) in [6.07, 6.45) is 6.72. The van der Waals surface area contributed by atoms with Crippen LogP contribution in [0.25, 0.3) is 11.7 Å². The highest BCUT2D eigenvalue weighted by Crippen LogP contribution is 2.13. The van der Waals surface area contributed by atoms with Crippen LogP contribution in [-0.4, -0.2) is 20.2 Å². The van der Waals surface area contributed by atoms with E-state index in [0.29, 0.717) is 12.1 Å². The molecule has 0 unspecified atom stereocenters. The minimum atomic E-state index is -0.465. The third-order valence-corrected chi connectivity index (χ3v) is 3.91. The maximum atomic E-state index is 11.9. The summed E-state index contributed by atoms with van der Waals surface area (Å²) in [4.78, 5) is 26.4. The van der Waals surface area contributed by atoms with Crippen molar-refractivity contribution in [3.05, 3.63) is 80.7 Å². The zero-order valence-corrected chi connectivity index (χ0v) is 14.5. The molecule has 0 spiro atoms. The first-order valence-corrected chi connectivity index (χ1v) is 8.14. The van der Waals surface area contributed by atoms with Gasteiger partial charge in [-0.25, -0.2) is 4.98 Å². The van der Waals surface area contributed by atoms with Crippen LogP contribution in [0.15, 0.2) is 59.3 Å². The summed E-state index contributed by atoms with van der Waals surface area (Å²) in [6, 6.07) is 9.74. The molecule has 3 rings (SSSR count). The number of hydrogen-bond donors (Lipinski definition) is 1. The van der Waals surface area contributed by atoms with Crippen LogP contribution in [0.4, 0.5) is 5.69 Å². The SMILES string of the molecule is O=C(/C=C/c1ccc([N+](=O)[O-])cc1)NCc1cn2cc(Br)ccc2n1. The zero-order chi connectivity index (χ0) is 17.8. The number of benzene rings is 1. The van der Waals surface area contributed by atoms with E-state index in [1.165, 1.54) is 18.2 Å². The maximum Gasteiger partial charge on any atom is 0.269 e.